The maximum absolute atomic E-state index is 6.23. The summed E-state index contributed by atoms with van der Waals surface area (Å²) >= 11 is 0. The van der Waals surface area contributed by atoms with E-state index >= 15 is 0 Å². The molecule has 0 aliphatic carbocycles. The van der Waals surface area contributed by atoms with Gasteiger partial charge in [0, 0.05) is 43.8 Å². The maximum Gasteiger partial charge on any atom is 0.191 e. The second-order valence-electron chi connectivity index (χ2n) is 8.49. The number of halogens is 1. The van der Waals surface area contributed by atoms with Gasteiger partial charge in [0.15, 0.2) is 5.96 Å². The molecule has 2 aliphatic rings. The first-order valence-corrected chi connectivity index (χ1v) is 11.1. The molecule has 2 fully saturated rings. The standard InChI is InChI=1S/C23H38N4O3.HI/c1-5-24-22(26-17-23(27(3)4)9-12-28-13-10-23)25-15-19-7-6-18(2)14-21(19)30-20-8-11-29-16-20;/h6-7,14,20H,5,8-13,15-17H2,1-4H3,(H2,24,25,26);1H. The lowest BCUT2D eigenvalue weighted by molar-refractivity contribution is -0.00501. The molecule has 2 heterocycles. The topological polar surface area (TPSA) is 67.4 Å². The molecule has 8 heteroatoms. The van der Waals surface area contributed by atoms with E-state index in [9.17, 15) is 0 Å². The fraction of sp³-hybridized carbons (Fsp3) is 0.696. The smallest absolute Gasteiger partial charge is 0.191 e. The Morgan fingerprint density at radius 2 is 1.97 bits per heavy atom. The largest absolute Gasteiger partial charge is 0.488 e. The van der Waals surface area contributed by atoms with E-state index in [-0.39, 0.29) is 35.6 Å². The van der Waals surface area contributed by atoms with E-state index in [1.165, 1.54) is 5.56 Å². The number of aryl methyl sites for hydroxylation is 1. The average molecular weight is 546 g/mol. The molecular weight excluding hydrogens is 507 g/mol. The van der Waals surface area contributed by atoms with Crippen LogP contribution < -0.4 is 15.4 Å². The highest BCUT2D eigenvalue weighted by atomic mass is 127. The van der Waals surface area contributed by atoms with Crippen LogP contribution in [0.1, 0.15) is 37.3 Å². The lowest BCUT2D eigenvalue weighted by Crippen LogP contribution is -2.57. The van der Waals surface area contributed by atoms with E-state index in [0.29, 0.717) is 13.2 Å². The molecule has 0 saturated carbocycles. The zero-order valence-electron chi connectivity index (χ0n) is 19.4. The first kappa shape index (κ1) is 26.2. The second kappa shape index (κ2) is 12.8. The average Bonchev–Trinajstić information content (AvgIpc) is 3.25. The molecule has 176 valence electrons. The lowest BCUT2D eigenvalue weighted by atomic mass is 9.88. The number of rotatable bonds is 8. The van der Waals surface area contributed by atoms with Crippen molar-refractivity contribution in [1.82, 2.24) is 15.5 Å². The summed E-state index contributed by atoms with van der Waals surface area (Å²) in [5.41, 5.74) is 2.38. The number of likely N-dealkylation sites (N-methyl/N-ethyl adjacent to an activating group) is 1. The normalized spacial score (nSPS) is 20.9. The Balaban J connectivity index is 0.00000341. The van der Waals surface area contributed by atoms with Gasteiger partial charge in [0.2, 0.25) is 0 Å². The fourth-order valence-corrected chi connectivity index (χ4v) is 3.98. The third-order valence-electron chi connectivity index (χ3n) is 6.11. The van der Waals surface area contributed by atoms with Gasteiger partial charge in [0.05, 0.1) is 19.8 Å². The van der Waals surface area contributed by atoms with Crippen molar-refractivity contribution < 1.29 is 14.2 Å². The van der Waals surface area contributed by atoms with Crippen molar-refractivity contribution in [1.29, 1.82) is 0 Å². The number of guanidine groups is 1. The summed E-state index contributed by atoms with van der Waals surface area (Å²) in [6, 6.07) is 6.34. The molecule has 0 spiro atoms. The molecule has 0 radical (unpaired) electrons. The van der Waals surface area contributed by atoms with Crippen molar-refractivity contribution in [3.63, 3.8) is 0 Å². The molecule has 1 atom stereocenters. The minimum absolute atomic E-state index is 0. The van der Waals surface area contributed by atoms with Gasteiger partial charge in [0.1, 0.15) is 11.9 Å². The van der Waals surface area contributed by atoms with E-state index in [4.69, 9.17) is 19.2 Å². The molecule has 7 nitrogen and oxygen atoms in total. The highest BCUT2D eigenvalue weighted by Crippen LogP contribution is 2.26. The van der Waals surface area contributed by atoms with Crippen LogP contribution >= 0.6 is 24.0 Å². The Morgan fingerprint density at radius 1 is 1.19 bits per heavy atom. The second-order valence-corrected chi connectivity index (χ2v) is 8.49. The number of nitrogens with one attached hydrogen (secondary N) is 2. The Bertz CT molecular complexity index is 702. The maximum atomic E-state index is 6.23. The Morgan fingerprint density at radius 3 is 2.61 bits per heavy atom. The van der Waals surface area contributed by atoms with E-state index in [1.54, 1.807) is 0 Å². The van der Waals surface area contributed by atoms with Crippen molar-refractivity contribution >= 4 is 29.9 Å². The predicted octanol–water partition coefficient (Wildman–Crippen LogP) is 2.95. The van der Waals surface area contributed by atoms with Crippen LogP contribution in [0.3, 0.4) is 0 Å². The van der Waals surface area contributed by atoms with Crippen LogP contribution in [0.5, 0.6) is 5.75 Å². The quantitative estimate of drug-likeness (QED) is 0.297. The SMILES string of the molecule is CCNC(=NCc1ccc(C)cc1OC1CCOC1)NCC1(N(C)C)CCOCC1.I. The summed E-state index contributed by atoms with van der Waals surface area (Å²) < 4.78 is 17.3. The van der Waals surface area contributed by atoms with Gasteiger partial charge >= 0.3 is 0 Å². The third-order valence-corrected chi connectivity index (χ3v) is 6.11. The van der Waals surface area contributed by atoms with Crippen molar-refractivity contribution in [2.45, 2.75) is 51.3 Å². The molecular formula is C23H39IN4O3. The van der Waals surface area contributed by atoms with Gasteiger partial charge in [0.25, 0.3) is 0 Å². The molecule has 3 rings (SSSR count). The molecule has 2 N–H and O–H groups in total. The lowest BCUT2D eigenvalue weighted by Gasteiger charge is -2.43. The highest BCUT2D eigenvalue weighted by Gasteiger charge is 2.34. The number of nitrogens with zero attached hydrogens (tertiary/aromatic N) is 2. The van der Waals surface area contributed by atoms with Crippen molar-refractivity contribution in [2.24, 2.45) is 4.99 Å². The van der Waals surface area contributed by atoms with Crippen LogP contribution in [-0.4, -0.2) is 76.1 Å². The number of aliphatic imine (C=N–C) groups is 1. The third kappa shape index (κ3) is 7.47. The molecule has 1 aromatic carbocycles. The van der Waals surface area contributed by atoms with Crippen molar-refractivity contribution in [3.8, 4) is 5.75 Å². The first-order valence-electron chi connectivity index (χ1n) is 11.1. The summed E-state index contributed by atoms with van der Waals surface area (Å²) in [7, 11) is 4.31. The van der Waals surface area contributed by atoms with Crippen LogP contribution in [-0.2, 0) is 16.0 Å². The Hall–Kier alpha value is -1.10. The first-order chi connectivity index (χ1) is 14.5. The van der Waals surface area contributed by atoms with Crippen LogP contribution in [0.15, 0.2) is 23.2 Å². The van der Waals surface area contributed by atoms with Gasteiger partial charge < -0.3 is 29.7 Å². The molecule has 1 unspecified atom stereocenters. The Labute approximate surface area is 204 Å². The van der Waals surface area contributed by atoms with Gasteiger partial charge in [-0.1, -0.05) is 12.1 Å². The number of hydrogen-bond acceptors (Lipinski definition) is 5. The van der Waals surface area contributed by atoms with E-state index in [0.717, 1.165) is 69.4 Å². The van der Waals surface area contributed by atoms with Crippen molar-refractivity contribution in [2.75, 3.05) is 53.6 Å². The molecule has 1 aromatic rings. The zero-order valence-corrected chi connectivity index (χ0v) is 21.7. The Kier molecular flexibility index (Phi) is 10.8. The van der Waals surface area contributed by atoms with Gasteiger partial charge in [-0.25, -0.2) is 4.99 Å². The predicted molar refractivity (Wildman–Crippen MR) is 136 cm³/mol. The molecule has 0 bridgehead atoms. The summed E-state index contributed by atoms with van der Waals surface area (Å²) in [5, 5.41) is 6.95. The molecule has 2 saturated heterocycles. The summed E-state index contributed by atoms with van der Waals surface area (Å²) in [6.07, 6.45) is 3.11. The van der Waals surface area contributed by atoms with E-state index in [2.05, 4.69) is 61.7 Å². The number of benzene rings is 1. The van der Waals surface area contributed by atoms with Gasteiger partial charge in [-0.05, 0) is 52.4 Å². The van der Waals surface area contributed by atoms with Crippen LogP contribution in [0, 0.1) is 6.92 Å². The molecule has 0 aromatic heterocycles. The summed E-state index contributed by atoms with van der Waals surface area (Å²) in [6.45, 7) is 9.46. The molecule has 31 heavy (non-hydrogen) atoms. The van der Waals surface area contributed by atoms with Gasteiger partial charge in [-0.2, -0.15) is 0 Å². The van der Waals surface area contributed by atoms with Crippen LogP contribution in [0.4, 0.5) is 0 Å². The van der Waals surface area contributed by atoms with Gasteiger partial charge in [-0.3, -0.25) is 0 Å². The number of ether oxygens (including phenoxy) is 3. The summed E-state index contributed by atoms with van der Waals surface area (Å²) in [4.78, 5) is 7.18. The summed E-state index contributed by atoms with van der Waals surface area (Å²) in [5.74, 6) is 1.75. The number of hydrogen-bond donors (Lipinski definition) is 2. The fourth-order valence-electron chi connectivity index (χ4n) is 3.98. The van der Waals surface area contributed by atoms with Crippen LogP contribution in [0.25, 0.3) is 0 Å². The minimum atomic E-state index is 0. The monoisotopic (exact) mass is 546 g/mol. The van der Waals surface area contributed by atoms with Gasteiger partial charge in [-0.15, -0.1) is 24.0 Å². The van der Waals surface area contributed by atoms with E-state index in [1.807, 2.05) is 0 Å². The van der Waals surface area contributed by atoms with Crippen molar-refractivity contribution in [3.05, 3.63) is 29.3 Å². The zero-order chi connectivity index (χ0) is 21.4. The molecule has 2 aliphatic heterocycles. The highest BCUT2D eigenvalue weighted by molar-refractivity contribution is 14.0. The minimum Gasteiger partial charge on any atom is -0.488 e. The molecule has 0 amide bonds. The van der Waals surface area contributed by atoms with Crippen LogP contribution in [0.2, 0.25) is 0 Å². The van der Waals surface area contributed by atoms with E-state index < -0.39 is 0 Å².